The zero-order valence-corrected chi connectivity index (χ0v) is 12.4. The SMILES string of the molecule is N#C/C(=C\c1cccs1)C(=O)Nc1ccc(Cl)c(Cl)c1. The Morgan fingerprint density at radius 2 is 2.10 bits per heavy atom. The Hall–Kier alpha value is -1.80. The first-order valence-electron chi connectivity index (χ1n) is 5.52. The third-order valence-electron chi connectivity index (χ3n) is 2.37. The zero-order valence-electron chi connectivity index (χ0n) is 10.1. The van der Waals surface area contributed by atoms with Crippen LogP contribution in [-0.2, 0) is 4.79 Å². The summed E-state index contributed by atoms with van der Waals surface area (Å²) in [5.41, 5.74) is 0.509. The molecule has 0 fully saturated rings. The van der Waals surface area contributed by atoms with Gasteiger partial charge >= 0.3 is 0 Å². The van der Waals surface area contributed by atoms with Crippen molar-refractivity contribution in [3.8, 4) is 6.07 Å². The summed E-state index contributed by atoms with van der Waals surface area (Å²) in [5, 5.41) is 14.3. The van der Waals surface area contributed by atoms with Crippen molar-refractivity contribution in [2.24, 2.45) is 0 Å². The highest BCUT2D eigenvalue weighted by molar-refractivity contribution is 7.10. The van der Waals surface area contributed by atoms with E-state index in [0.29, 0.717) is 15.7 Å². The van der Waals surface area contributed by atoms with Crippen molar-refractivity contribution in [3.05, 3.63) is 56.2 Å². The molecule has 0 unspecified atom stereocenters. The van der Waals surface area contributed by atoms with E-state index in [1.165, 1.54) is 23.5 Å². The van der Waals surface area contributed by atoms with Crippen LogP contribution in [0.4, 0.5) is 5.69 Å². The number of carbonyl (C=O) groups is 1. The molecule has 1 aromatic heterocycles. The molecule has 6 heteroatoms. The molecule has 0 atom stereocenters. The van der Waals surface area contributed by atoms with Crippen LogP contribution in [0.2, 0.25) is 10.0 Å². The lowest BCUT2D eigenvalue weighted by Gasteiger charge is -2.05. The van der Waals surface area contributed by atoms with E-state index >= 15 is 0 Å². The minimum atomic E-state index is -0.487. The summed E-state index contributed by atoms with van der Waals surface area (Å²) >= 11 is 13.1. The minimum Gasteiger partial charge on any atom is -0.321 e. The Kier molecular flexibility index (Phi) is 4.80. The van der Waals surface area contributed by atoms with E-state index in [9.17, 15) is 4.79 Å². The van der Waals surface area contributed by atoms with Gasteiger partial charge in [0.05, 0.1) is 10.0 Å². The molecule has 0 aliphatic carbocycles. The van der Waals surface area contributed by atoms with Crippen LogP contribution in [0, 0.1) is 11.3 Å². The van der Waals surface area contributed by atoms with Crippen LogP contribution in [0.3, 0.4) is 0 Å². The van der Waals surface area contributed by atoms with E-state index in [0.717, 1.165) is 4.88 Å². The number of carbonyl (C=O) groups excluding carboxylic acids is 1. The molecular formula is C14H8Cl2N2OS. The number of nitriles is 1. The van der Waals surface area contributed by atoms with Gasteiger partial charge in [0.2, 0.25) is 0 Å². The summed E-state index contributed by atoms with van der Waals surface area (Å²) < 4.78 is 0. The largest absolute Gasteiger partial charge is 0.321 e. The second-order valence-electron chi connectivity index (χ2n) is 3.77. The van der Waals surface area contributed by atoms with Gasteiger partial charge in [-0.2, -0.15) is 5.26 Å². The van der Waals surface area contributed by atoms with Crippen molar-refractivity contribution in [2.75, 3.05) is 5.32 Å². The van der Waals surface area contributed by atoms with Crippen molar-refractivity contribution in [1.82, 2.24) is 0 Å². The number of hydrogen-bond acceptors (Lipinski definition) is 3. The summed E-state index contributed by atoms with van der Waals surface area (Å²) in [5.74, 6) is -0.487. The van der Waals surface area contributed by atoms with Crippen LogP contribution in [0.5, 0.6) is 0 Å². The van der Waals surface area contributed by atoms with Crippen molar-refractivity contribution in [2.45, 2.75) is 0 Å². The van der Waals surface area contributed by atoms with Crippen LogP contribution < -0.4 is 5.32 Å². The van der Waals surface area contributed by atoms with E-state index in [-0.39, 0.29) is 5.57 Å². The van der Waals surface area contributed by atoms with Gasteiger partial charge in [0, 0.05) is 10.6 Å². The molecule has 0 radical (unpaired) electrons. The fourth-order valence-corrected chi connectivity index (χ4v) is 2.39. The number of nitrogens with one attached hydrogen (secondary N) is 1. The molecule has 1 aromatic carbocycles. The molecule has 2 aromatic rings. The van der Waals surface area contributed by atoms with E-state index in [2.05, 4.69) is 5.32 Å². The summed E-state index contributed by atoms with van der Waals surface area (Å²) in [4.78, 5) is 12.8. The molecule has 0 bridgehead atoms. The van der Waals surface area contributed by atoms with Crippen LogP contribution in [0.15, 0.2) is 41.3 Å². The van der Waals surface area contributed by atoms with Crippen molar-refractivity contribution >= 4 is 52.2 Å². The Morgan fingerprint density at radius 1 is 1.30 bits per heavy atom. The predicted molar refractivity (Wildman–Crippen MR) is 83.0 cm³/mol. The highest BCUT2D eigenvalue weighted by Gasteiger charge is 2.10. The second kappa shape index (κ2) is 6.58. The fourth-order valence-electron chi connectivity index (χ4n) is 1.44. The van der Waals surface area contributed by atoms with Crippen molar-refractivity contribution in [1.29, 1.82) is 5.26 Å². The molecule has 20 heavy (non-hydrogen) atoms. The topological polar surface area (TPSA) is 52.9 Å². The average molecular weight is 323 g/mol. The smallest absolute Gasteiger partial charge is 0.266 e. The van der Waals surface area contributed by atoms with Crippen LogP contribution in [0.1, 0.15) is 4.88 Å². The third kappa shape index (κ3) is 3.61. The standard InChI is InChI=1S/C14H8Cl2N2OS/c15-12-4-3-10(7-13(12)16)18-14(19)9(8-17)6-11-2-1-5-20-11/h1-7H,(H,18,19)/b9-6+. The van der Waals surface area contributed by atoms with E-state index in [1.807, 2.05) is 23.6 Å². The van der Waals surface area contributed by atoms with Gasteiger partial charge in [0.15, 0.2) is 0 Å². The van der Waals surface area contributed by atoms with E-state index in [1.54, 1.807) is 12.1 Å². The number of thiophene rings is 1. The molecule has 0 aliphatic rings. The Balaban J connectivity index is 2.18. The number of amides is 1. The molecule has 0 saturated carbocycles. The normalized spacial score (nSPS) is 10.9. The maximum absolute atomic E-state index is 12.0. The molecule has 1 amide bonds. The monoisotopic (exact) mass is 322 g/mol. The van der Waals surface area contributed by atoms with Gasteiger partial charge < -0.3 is 5.32 Å². The summed E-state index contributed by atoms with van der Waals surface area (Å²) in [7, 11) is 0. The molecule has 0 saturated heterocycles. The third-order valence-corrected chi connectivity index (χ3v) is 3.93. The van der Waals surface area contributed by atoms with Gasteiger partial charge in [-0.05, 0) is 35.7 Å². The number of anilines is 1. The van der Waals surface area contributed by atoms with Gasteiger partial charge in [-0.1, -0.05) is 29.3 Å². The molecule has 2 rings (SSSR count). The lowest BCUT2D eigenvalue weighted by molar-refractivity contribution is -0.112. The first-order chi connectivity index (χ1) is 9.60. The van der Waals surface area contributed by atoms with Gasteiger partial charge in [0.1, 0.15) is 11.6 Å². The number of hydrogen-bond donors (Lipinski definition) is 1. The molecule has 1 N–H and O–H groups in total. The summed E-state index contributed by atoms with van der Waals surface area (Å²) in [6.07, 6.45) is 1.54. The van der Waals surface area contributed by atoms with Gasteiger partial charge in [-0.3, -0.25) is 4.79 Å². The zero-order chi connectivity index (χ0) is 14.5. The van der Waals surface area contributed by atoms with Crippen LogP contribution in [0.25, 0.3) is 6.08 Å². The predicted octanol–water partition coefficient (Wildman–Crippen LogP) is 4.60. The molecule has 100 valence electrons. The lowest BCUT2D eigenvalue weighted by Crippen LogP contribution is -2.13. The maximum Gasteiger partial charge on any atom is 0.266 e. The number of benzene rings is 1. The molecule has 0 spiro atoms. The van der Waals surface area contributed by atoms with Crippen LogP contribution in [-0.4, -0.2) is 5.91 Å². The Bertz CT molecular complexity index is 702. The van der Waals surface area contributed by atoms with Crippen molar-refractivity contribution in [3.63, 3.8) is 0 Å². The molecular weight excluding hydrogens is 315 g/mol. The molecule has 3 nitrogen and oxygen atoms in total. The van der Waals surface area contributed by atoms with Gasteiger partial charge in [-0.15, -0.1) is 11.3 Å². The highest BCUT2D eigenvalue weighted by atomic mass is 35.5. The van der Waals surface area contributed by atoms with E-state index < -0.39 is 5.91 Å². The number of nitrogens with zero attached hydrogens (tertiary/aromatic N) is 1. The molecule has 0 aliphatic heterocycles. The first-order valence-corrected chi connectivity index (χ1v) is 7.15. The molecule has 1 heterocycles. The number of halogens is 2. The second-order valence-corrected chi connectivity index (χ2v) is 5.56. The summed E-state index contributed by atoms with van der Waals surface area (Å²) in [6.45, 7) is 0. The average Bonchev–Trinajstić information content (AvgIpc) is 2.93. The van der Waals surface area contributed by atoms with Crippen LogP contribution >= 0.6 is 34.5 Å². The minimum absolute atomic E-state index is 0.0264. The Morgan fingerprint density at radius 3 is 2.70 bits per heavy atom. The lowest BCUT2D eigenvalue weighted by atomic mass is 10.2. The summed E-state index contributed by atoms with van der Waals surface area (Å²) in [6, 6.07) is 10.3. The van der Waals surface area contributed by atoms with Gasteiger partial charge in [-0.25, -0.2) is 0 Å². The van der Waals surface area contributed by atoms with Gasteiger partial charge in [0.25, 0.3) is 5.91 Å². The maximum atomic E-state index is 12.0. The quantitative estimate of drug-likeness (QED) is 0.663. The fraction of sp³-hybridized carbons (Fsp3) is 0. The van der Waals surface area contributed by atoms with Crippen molar-refractivity contribution < 1.29 is 4.79 Å². The highest BCUT2D eigenvalue weighted by Crippen LogP contribution is 2.25. The first kappa shape index (κ1) is 14.6. The number of rotatable bonds is 3. The van der Waals surface area contributed by atoms with E-state index in [4.69, 9.17) is 28.5 Å². The Labute approximate surface area is 130 Å².